The molecule has 0 bridgehead atoms. The normalized spacial score (nSPS) is 16.5. The molecular formula is C23H20F3N5O. The number of H-pyrrole nitrogens is 1. The highest BCUT2D eigenvalue weighted by Gasteiger charge is 2.36. The van der Waals surface area contributed by atoms with E-state index in [1.807, 2.05) is 12.1 Å². The van der Waals surface area contributed by atoms with Gasteiger partial charge >= 0.3 is 0 Å². The Hall–Kier alpha value is -3.49. The van der Waals surface area contributed by atoms with Gasteiger partial charge in [-0.1, -0.05) is 6.07 Å². The Labute approximate surface area is 181 Å². The van der Waals surface area contributed by atoms with Crippen LogP contribution in [0.25, 0.3) is 22.3 Å². The molecule has 3 heterocycles. The van der Waals surface area contributed by atoms with Crippen LogP contribution in [0.2, 0.25) is 0 Å². The molecule has 0 atom stereocenters. The quantitative estimate of drug-likeness (QED) is 0.502. The second-order valence-corrected chi connectivity index (χ2v) is 8.12. The Bertz CT molecular complexity index is 1320. The minimum Gasteiger partial charge on any atom is -0.310 e. The van der Waals surface area contributed by atoms with Crippen LogP contribution in [0.5, 0.6) is 0 Å². The van der Waals surface area contributed by atoms with Gasteiger partial charge in [0.1, 0.15) is 17.0 Å². The van der Waals surface area contributed by atoms with Gasteiger partial charge in [-0.15, -0.1) is 0 Å². The van der Waals surface area contributed by atoms with Crippen molar-refractivity contribution in [3.05, 3.63) is 76.4 Å². The van der Waals surface area contributed by atoms with Crippen molar-refractivity contribution in [3.8, 4) is 11.3 Å². The molecule has 32 heavy (non-hydrogen) atoms. The van der Waals surface area contributed by atoms with Crippen LogP contribution in [0.1, 0.15) is 43.1 Å². The first-order chi connectivity index (χ1) is 15.4. The first-order valence-corrected chi connectivity index (χ1v) is 10.4. The first-order valence-electron chi connectivity index (χ1n) is 10.4. The Kier molecular flexibility index (Phi) is 5.03. The summed E-state index contributed by atoms with van der Waals surface area (Å²) in [6.07, 6.45) is 3.34. The molecule has 1 aliphatic rings. The maximum Gasteiger partial charge on any atom is 0.262 e. The standard InChI is InChI=1S/C23H20F3N5O/c24-15-4-5-17(19-3-1-2-10-27-19)14(11-15)12-20-29-21-18(22(32)30-20)13-28-31(21)16-6-8-23(25,26)9-7-16/h1-5,10-11,13,16H,6-9,12H2,(H,29,30,32). The fourth-order valence-electron chi connectivity index (χ4n) is 4.26. The highest BCUT2D eigenvalue weighted by molar-refractivity contribution is 5.73. The number of hydrogen-bond donors (Lipinski definition) is 1. The van der Waals surface area contributed by atoms with E-state index in [0.29, 0.717) is 28.1 Å². The number of benzene rings is 1. The Morgan fingerprint density at radius 2 is 1.97 bits per heavy atom. The van der Waals surface area contributed by atoms with Crippen LogP contribution < -0.4 is 5.56 Å². The molecule has 0 radical (unpaired) electrons. The molecule has 0 aliphatic heterocycles. The third-order valence-electron chi connectivity index (χ3n) is 5.91. The fourth-order valence-corrected chi connectivity index (χ4v) is 4.26. The number of nitrogens with zero attached hydrogens (tertiary/aromatic N) is 4. The van der Waals surface area contributed by atoms with Gasteiger partial charge in [0.2, 0.25) is 5.92 Å². The largest absolute Gasteiger partial charge is 0.310 e. The van der Waals surface area contributed by atoms with Gasteiger partial charge in [0, 0.05) is 31.0 Å². The minimum atomic E-state index is -2.66. The van der Waals surface area contributed by atoms with Crippen molar-refractivity contribution in [3.63, 3.8) is 0 Å². The van der Waals surface area contributed by atoms with E-state index in [-0.39, 0.29) is 43.7 Å². The van der Waals surface area contributed by atoms with Crippen molar-refractivity contribution in [1.82, 2.24) is 24.7 Å². The molecule has 0 unspecified atom stereocenters. The Morgan fingerprint density at radius 1 is 1.16 bits per heavy atom. The zero-order chi connectivity index (χ0) is 22.3. The zero-order valence-electron chi connectivity index (χ0n) is 17.1. The topological polar surface area (TPSA) is 76.5 Å². The highest BCUT2D eigenvalue weighted by Crippen LogP contribution is 2.38. The SMILES string of the molecule is O=c1[nH]c(Cc2cc(F)ccc2-c2ccccn2)nc2c1cnn2C1CCC(F)(F)CC1. The zero-order valence-corrected chi connectivity index (χ0v) is 17.1. The molecule has 164 valence electrons. The molecule has 0 saturated heterocycles. The number of rotatable bonds is 4. The van der Waals surface area contributed by atoms with Crippen molar-refractivity contribution in [2.75, 3.05) is 0 Å². The number of aromatic amines is 1. The van der Waals surface area contributed by atoms with Crippen LogP contribution in [0, 0.1) is 5.82 Å². The molecular weight excluding hydrogens is 419 g/mol. The third-order valence-corrected chi connectivity index (χ3v) is 5.91. The lowest BCUT2D eigenvalue weighted by Crippen LogP contribution is -2.27. The predicted molar refractivity (Wildman–Crippen MR) is 113 cm³/mol. The van der Waals surface area contributed by atoms with E-state index in [2.05, 4.69) is 20.1 Å². The maximum absolute atomic E-state index is 14.0. The van der Waals surface area contributed by atoms with Crippen LogP contribution in [0.4, 0.5) is 13.2 Å². The predicted octanol–water partition coefficient (Wildman–Crippen LogP) is 4.66. The molecule has 1 saturated carbocycles. The number of aromatic nitrogens is 5. The van der Waals surface area contributed by atoms with Gasteiger partial charge in [-0.05, 0) is 48.7 Å². The summed E-state index contributed by atoms with van der Waals surface area (Å²) in [6, 6.07) is 9.62. The number of pyridine rings is 1. The molecule has 3 aromatic heterocycles. The number of fused-ring (bicyclic) bond motifs is 1. The fraction of sp³-hybridized carbons (Fsp3) is 0.304. The summed E-state index contributed by atoms with van der Waals surface area (Å²) in [5.41, 5.74) is 2.02. The number of alkyl halides is 2. The monoisotopic (exact) mass is 439 g/mol. The van der Waals surface area contributed by atoms with Crippen molar-refractivity contribution in [1.29, 1.82) is 0 Å². The summed E-state index contributed by atoms with van der Waals surface area (Å²) in [7, 11) is 0. The van der Waals surface area contributed by atoms with E-state index in [0.717, 1.165) is 5.56 Å². The van der Waals surface area contributed by atoms with Crippen LogP contribution in [0.3, 0.4) is 0 Å². The average molecular weight is 439 g/mol. The second kappa shape index (κ2) is 7.89. The van der Waals surface area contributed by atoms with E-state index >= 15 is 0 Å². The van der Waals surface area contributed by atoms with Crippen LogP contribution in [-0.2, 0) is 6.42 Å². The molecule has 0 spiro atoms. The van der Waals surface area contributed by atoms with E-state index in [1.54, 1.807) is 23.0 Å². The Morgan fingerprint density at radius 3 is 2.72 bits per heavy atom. The second-order valence-electron chi connectivity index (χ2n) is 8.12. The van der Waals surface area contributed by atoms with E-state index in [1.165, 1.54) is 18.3 Å². The van der Waals surface area contributed by atoms with E-state index in [9.17, 15) is 18.0 Å². The number of hydrogen-bond acceptors (Lipinski definition) is 4. The molecule has 1 aromatic carbocycles. The number of nitrogens with one attached hydrogen (secondary N) is 1. The van der Waals surface area contributed by atoms with Crippen LogP contribution in [0.15, 0.2) is 53.6 Å². The molecule has 9 heteroatoms. The first kappa shape index (κ1) is 20.4. The molecule has 1 fully saturated rings. The summed E-state index contributed by atoms with van der Waals surface area (Å²) in [4.78, 5) is 24.3. The van der Waals surface area contributed by atoms with Crippen molar-refractivity contribution >= 4 is 11.0 Å². The van der Waals surface area contributed by atoms with Gasteiger partial charge in [-0.2, -0.15) is 5.10 Å². The van der Waals surface area contributed by atoms with Gasteiger partial charge in [0.25, 0.3) is 5.56 Å². The summed E-state index contributed by atoms with van der Waals surface area (Å²) >= 11 is 0. The molecule has 6 nitrogen and oxygen atoms in total. The third kappa shape index (κ3) is 3.90. The van der Waals surface area contributed by atoms with Crippen LogP contribution >= 0.6 is 0 Å². The summed E-state index contributed by atoms with van der Waals surface area (Å²) in [5.74, 6) is -2.72. The average Bonchev–Trinajstić information content (AvgIpc) is 3.19. The minimum absolute atomic E-state index is 0.169. The van der Waals surface area contributed by atoms with Crippen LogP contribution in [-0.4, -0.2) is 30.7 Å². The lowest BCUT2D eigenvalue weighted by molar-refractivity contribution is -0.0446. The molecule has 0 amide bonds. The molecule has 5 rings (SSSR count). The van der Waals surface area contributed by atoms with Gasteiger partial charge < -0.3 is 4.98 Å². The van der Waals surface area contributed by atoms with E-state index < -0.39 is 11.7 Å². The van der Waals surface area contributed by atoms with Gasteiger partial charge in [-0.3, -0.25) is 9.78 Å². The summed E-state index contributed by atoms with van der Waals surface area (Å²) in [6.45, 7) is 0. The van der Waals surface area contributed by atoms with Gasteiger partial charge in [0.15, 0.2) is 5.65 Å². The highest BCUT2D eigenvalue weighted by atomic mass is 19.3. The molecule has 1 N–H and O–H groups in total. The smallest absolute Gasteiger partial charge is 0.262 e. The van der Waals surface area contributed by atoms with Gasteiger partial charge in [-0.25, -0.2) is 22.8 Å². The van der Waals surface area contributed by atoms with Crippen molar-refractivity contribution < 1.29 is 13.2 Å². The Balaban J connectivity index is 1.53. The summed E-state index contributed by atoms with van der Waals surface area (Å²) < 4.78 is 42.8. The molecule has 4 aromatic rings. The number of halogens is 3. The maximum atomic E-state index is 14.0. The lowest BCUT2D eigenvalue weighted by Gasteiger charge is -2.28. The lowest BCUT2D eigenvalue weighted by atomic mass is 9.92. The van der Waals surface area contributed by atoms with E-state index in [4.69, 9.17) is 0 Å². The molecule has 1 aliphatic carbocycles. The summed E-state index contributed by atoms with van der Waals surface area (Å²) in [5, 5.41) is 4.58. The van der Waals surface area contributed by atoms with Gasteiger partial charge in [0.05, 0.1) is 17.9 Å². The van der Waals surface area contributed by atoms with Crippen molar-refractivity contribution in [2.24, 2.45) is 0 Å². The van der Waals surface area contributed by atoms with Crippen molar-refractivity contribution in [2.45, 2.75) is 44.1 Å².